The topological polar surface area (TPSA) is 164 Å². The molecule has 4 rings (SSSR count). The molecule has 42 heavy (non-hydrogen) atoms. The molecule has 1 saturated heterocycles. The predicted molar refractivity (Wildman–Crippen MR) is 150 cm³/mol. The molecule has 0 spiro atoms. The molecule has 14 heteroatoms. The zero-order chi connectivity index (χ0) is 30.4. The first kappa shape index (κ1) is 30.6. The molecule has 2 N–H and O–H groups in total. The van der Waals surface area contributed by atoms with Crippen LogP contribution < -0.4 is 10.1 Å². The van der Waals surface area contributed by atoms with Crippen molar-refractivity contribution in [3.05, 3.63) is 52.0 Å². The number of hydrogen-bond donors (Lipinski definition) is 2. The summed E-state index contributed by atoms with van der Waals surface area (Å²) < 4.78 is 16.0. The number of amides is 3. The fraction of sp³-hybridized carbons (Fsp3) is 0.429. The van der Waals surface area contributed by atoms with Gasteiger partial charge in [0.15, 0.2) is 0 Å². The molecule has 0 saturated carbocycles. The number of carbonyl (C=O) groups is 4. The number of pyridine rings is 1. The predicted octanol–water partition coefficient (Wildman–Crippen LogP) is 3.19. The quantitative estimate of drug-likeness (QED) is 0.330. The second-order valence-electron chi connectivity index (χ2n) is 9.76. The molecule has 1 unspecified atom stereocenters. The SMILES string of the molecule is CCOC(=O)N1CCN(C(=O)C(CCNC(=O)c2cc(OCc3cc(C)on3)c3ccc(C)c(Cl)c3n2)C(=O)O)CC1. The molecule has 0 radical (unpaired) electrons. The number of ether oxygens (including phenoxy) is 2. The molecule has 224 valence electrons. The summed E-state index contributed by atoms with van der Waals surface area (Å²) in [6.45, 7) is 6.36. The van der Waals surface area contributed by atoms with Crippen LogP contribution in [0.4, 0.5) is 4.79 Å². The Morgan fingerprint density at radius 2 is 1.83 bits per heavy atom. The maximum Gasteiger partial charge on any atom is 0.409 e. The summed E-state index contributed by atoms with van der Waals surface area (Å²) in [5, 5.41) is 17.3. The van der Waals surface area contributed by atoms with Crippen LogP contribution in [0.25, 0.3) is 10.9 Å². The maximum atomic E-state index is 13.1. The largest absolute Gasteiger partial charge is 0.486 e. The zero-order valence-corrected chi connectivity index (χ0v) is 24.3. The maximum absolute atomic E-state index is 13.1. The molecule has 3 amide bonds. The average molecular weight is 602 g/mol. The van der Waals surface area contributed by atoms with E-state index in [2.05, 4.69) is 15.5 Å². The first-order chi connectivity index (χ1) is 20.1. The van der Waals surface area contributed by atoms with E-state index in [0.29, 0.717) is 33.1 Å². The van der Waals surface area contributed by atoms with Gasteiger partial charge in [0.2, 0.25) is 5.91 Å². The van der Waals surface area contributed by atoms with Crippen LogP contribution in [0.3, 0.4) is 0 Å². The van der Waals surface area contributed by atoms with Gasteiger partial charge in [-0.3, -0.25) is 14.4 Å². The minimum absolute atomic E-state index is 0.00891. The molecule has 1 fully saturated rings. The highest BCUT2D eigenvalue weighted by Crippen LogP contribution is 2.33. The van der Waals surface area contributed by atoms with Gasteiger partial charge in [-0.15, -0.1) is 0 Å². The Labute approximate surface area is 246 Å². The minimum Gasteiger partial charge on any atom is -0.486 e. The standard InChI is InChI=1S/C28H32ClN5O8/c1-4-40-28(39)34-11-9-33(10-12-34)26(36)20(27(37)38)7-8-30-25(35)21-14-22(41-15-18-13-17(3)42-32-18)19-6-5-16(2)23(29)24(19)31-21/h5-6,13-14,20H,4,7-12,15H2,1-3H3,(H,30,35)(H,37,38). The summed E-state index contributed by atoms with van der Waals surface area (Å²) in [5.74, 6) is -2.85. The number of fused-ring (bicyclic) bond motifs is 1. The van der Waals surface area contributed by atoms with Gasteiger partial charge >= 0.3 is 12.1 Å². The average Bonchev–Trinajstić information content (AvgIpc) is 3.40. The fourth-order valence-corrected chi connectivity index (χ4v) is 4.73. The lowest BCUT2D eigenvalue weighted by atomic mass is 10.0. The molecule has 1 atom stereocenters. The molecular formula is C28H32ClN5O8. The number of carboxylic acids is 1. The van der Waals surface area contributed by atoms with Gasteiger partial charge in [-0.2, -0.15) is 0 Å². The Balaban J connectivity index is 1.42. The number of piperazine rings is 1. The van der Waals surface area contributed by atoms with Gasteiger partial charge in [-0.05, 0) is 38.8 Å². The second-order valence-corrected chi connectivity index (χ2v) is 10.1. The van der Waals surface area contributed by atoms with E-state index in [1.807, 2.05) is 13.0 Å². The number of carbonyl (C=O) groups excluding carboxylic acids is 3. The Bertz CT molecular complexity index is 1480. The highest BCUT2D eigenvalue weighted by Gasteiger charge is 2.33. The normalized spacial score (nSPS) is 14.0. The van der Waals surface area contributed by atoms with Gasteiger partial charge in [0.05, 0.1) is 17.1 Å². The second kappa shape index (κ2) is 13.5. The van der Waals surface area contributed by atoms with E-state index in [1.54, 1.807) is 26.0 Å². The lowest BCUT2D eigenvalue weighted by Crippen LogP contribution is -2.53. The van der Waals surface area contributed by atoms with Crippen molar-refractivity contribution in [3.63, 3.8) is 0 Å². The number of aliphatic carboxylic acids is 1. The number of hydrogen-bond acceptors (Lipinski definition) is 9. The lowest BCUT2D eigenvalue weighted by molar-refractivity contribution is -0.152. The van der Waals surface area contributed by atoms with Gasteiger partial charge in [0.1, 0.15) is 35.4 Å². The fourth-order valence-electron chi connectivity index (χ4n) is 4.52. The number of aromatic nitrogens is 2. The van der Waals surface area contributed by atoms with E-state index in [4.69, 9.17) is 25.6 Å². The monoisotopic (exact) mass is 601 g/mol. The number of benzene rings is 1. The van der Waals surface area contributed by atoms with E-state index in [0.717, 1.165) is 5.56 Å². The number of aryl methyl sites for hydroxylation is 2. The van der Waals surface area contributed by atoms with Gasteiger partial charge in [0, 0.05) is 50.2 Å². The third kappa shape index (κ3) is 7.08. The molecule has 1 aliphatic rings. The van der Waals surface area contributed by atoms with Crippen molar-refractivity contribution < 1.29 is 38.3 Å². The van der Waals surface area contributed by atoms with Crippen molar-refractivity contribution in [3.8, 4) is 5.75 Å². The van der Waals surface area contributed by atoms with Gasteiger partial charge in [0.25, 0.3) is 5.91 Å². The van der Waals surface area contributed by atoms with E-state index < -0.39 is 29.8 Å². The van der Waals surface area contributed by atoms with E-state index >= 15 is 0 Å². The van der Waals surface area contributed by atoms with Crippen LogP contribution in [0.2, 0.25) is 5.02 Å². The number of carboxylic acid groups (broad SMARTS) is 1. The van der Waals surface area contributed by atoms with E-state index in [9.17, 15) is 24.3 Å². The van der Waals surface area contributed by atoms with E-state index in [-0.39, 0.29) is 58.1 Å². The summed E-state index contributed by atoms with van der Waals surface area (Å²) in [7, 11) is 0. The first-order valence-corrected chi connectivity index (χ1v) is 13.8. The summed E-state index contributed by atoms with van der Waals surface area (Å²) >= 11 is 6.51. The molecular weight excluding hydrogens is 570 g/mol. The summed E-state index contributed by atoms with van der Waals surface area (Å²) in [4.78, 5) is 57.2. The molecule has 2 aromatic heterocycles. The highest BCUT2D eigenvalue weighted by molar-refractivity contribution is 6.36. The molecule has 3 heterocycles. The van der Waals surface area contributed by atoms with Crippen LogP contribution in [0.15, 0.2) is 28.8 Å². The Morgan fingerprint density at radius 3 is 2.48 bits per heavy atom. The number of rotatable bonds is 10. The van der Waals surface area contributed by atoms with Gasteiger partial charge < -0.3 is 34.2 Å². The third-order valence-corrected chi connectivity index (χ3v) is 7.27. The van der Waals surface area contributed by atoms with Gasteiger partial charge in [-0.25, -0.2) is 9.78 Å². The van der Waals surface area contributed by atoms with Crippen LogP contribution in [0.5, 0.6) is 5.75 Å². The number of nitrogens with one attached hydrogen (secondary N) is 1. The van der Waals surface area contributed by atoms with Crippen LogP contribution in [0, 0.1) is 19.8 Å². The van der Waals surface area contributed by atoms with Crippen LogP contribution in [-0.4, -0.2) is 88.3 Å². The zero-order valence-electron chi connectivity index (χ0n) is 23.5. The third-order valence-electron chi connectivity index (χ3n) is 6.79. The van der Waals surface area contributed by atoms with Crippen molar-refractivity contribution in [2.45, 2.75) is 33.8 Å². The van der Waals surface area contributed by atoms with E-state index in [1.165, 1.54) is 15.9 Å². The molecule has 13 nitrogen and oxygen atoms in total. The van der Waals surface area contributed by atoms with Crippen LogP contribution >= 0.6 is 11.6 Å². The first-order valence-electron chi connectivity index (χ1n) is 13.4. The van der Waals surface area contributed by atoms with Crippen molar-refractivity contribution >= 4 is 46.4 Å². The van der Waals surface area contributed by atoms with Crippen molar-refractivity contribution in [2.75, 3.05) is 39.3 Å². The van der Waals surface area contributed by atoms with Crippen molar-refractivity contribution in [2.24, 2.45) is 5.92 Å². The molecule has 0 aliphatic carbocycles. The summed E-state index contributed by atoms with van der Waals surface area (Å²) in [6, 6.07) is 6.82. The molecule has 1 aliphatic heterocycles. The Hall–Kier alpha value is -4.39. The van der Waals surface area contributed by atoms with Gasteiger partial charge in [-0.1, -0.05) is 22.8 Å². The van der Waals surface area contributed by atoms with Crippen molar-refractivity contribution in [1.82, 2.24) is 25.3 Å². The smallest absolute Gasteiger partial charge is 0.409 e. The summed E-state index contributed by atoms with van der Waals surface area (Å²) in [5.41, 5.74) is 1.71. The highest BCUT2D eigenvalue weighted by atomic mass is 35.5. The molecule has 1 aromatic carbocycles. The van der Waals surface area contributed by atoms with Crippen molar-refractivity contribution in [1.29, 1.82) is 0 Å². The number of halogens is 1. The minimum atomic E-state index is -1.37. The Kier molecular flexibility index (Phi) is 9.84. The molecule has 3 aromatic rings. The Morgan fingerprint density at radius 1 is 1.12 bits per heavy atom. The summed E-state index contributed by atoms with van der Waals surface area (Å²) in [6.07, 6.45) is -0.608. The number of nitrogens with zero attached hydrogens (tertiary/aromatic N) is 4. The van der Waals surface area contributed by atoms with Crippen LogP contribution in [-0.2, 0) is 20.9 Å². The van der Waals surface area contributed by atoms with Crippen LogP contribution in [0.1, 0.15) is 40.9 Å². The molecule has 0 bridgehead atoms. The lowest BCUT2D eigenvalue weighted by Gasteiger charge is -2.35.